The smallest absolute Gasteiger partial charge is 0.312 e. The standard InChI is InChI=1S/C13H16N4O2/c1-16-8-9-17(13(19)12(16)18)7-6-14-10-11-4-2-3-5-15-11/h2-5,8-9,14H,6-7,10H2,1H3. The van der Waals surface area contributed by atoms with Gasteiger partial charge < -0.3 is 14.5 Å². The van der Waals surface area contributed by atoms with Crippen molar-refractivity contribution >= 4 is 0 Å². The van der Waals surface area contributed by atoms with Crippen LogP contribution in [0.1, 0.15) is 5.69 Å². The average molecular weight is 260 g/mol. The van der Waals surface area contributed by atoms with Crippen LogP contribution in [0.2, 0.25) is 0 Å². The summed E-state index contributed by atoms with van der Waals surface area (Å²) < 4.78 is 2.69. The van der Waals surface area contributed by atoms with Crippen LogP contribution >= 0.6 is 0 Å². The van der Waals surface area contributed by atoms with E-state index in [1.54, 1.807) is 25.6 Å². The van der Waals surface area contributed by atoms with Crippen LogP contribution in [-0.2, 0) is 20.1 Å². The molecular weight excluding hydrogens is 244 g/mol. The zero-order valence-corrected chi connectivity index (χ0v) is 10.7. The number of nitrogens with one attached hydrogen (secondary N) is 1. The van der Waals surface area contributed by atoms with Gasteiger partial charge in [0.05, 0.1) is 5.69 Å². The number of hydrogen-bond donors (Lipinski definition) is 1. The van der Waals surface area contributed by atoms with Crippen molar-refractivity contribution in [3.05, 3.63) is 63.2 Å². The molecule has 0 unspecified atom stereocenters. The SMILES string of the molecule is Cn1ccn(CCNCc2ccccn2)c(=O)c1=O. The van der Waals surface area contributed by atoms with Crippen molar-refractivity contribution in [3.63, 3.8) is 0 Å². The number of aryl methyl sites for hydroxylation is 1. The van der Waals surface area contributed by atoms with E-state index in [2.05, 4.69) is 10.3 Å². The van der Waals surface area contributed by atoms with Crippen LogP contribution in [0.25, 0.3) is 0 Å². The summed E-state index contributed by atoms with van der Waals surface area (Å²) >= 11 is 0. The molecule has 2 aromatic rings. The number of hydrogen-bond acceptors (Lipinski definition) is 4. The Morgan fingerprint density at radius 2 is 2.05 bits per heavy atom. The zero-order chi connectivity index (χ0) is 13.7. The normalized spacial score (nSPS) is 10.6. The Balaban J connectivity index is 1.89. The molecule has 2 heterocycles. The first kappa shape index (κ1) is 13.2. The molecule has 2 aromatic heterocycles. The second kappa shape index (κ2) is 6.10. The van der Waals surface area contributed by atoms with Crippen LogP contribution in [0.15, 0.2) is 46.4 Å². The summed E-state index contributed by atoms with van der Waals surface area (Å²) in [4.78, 5) is 27.3. The summed E-state index contributed by atoms with van der Waals surface area (Å²) in [6.07, 6.45) is 4.94. The lowest BCUT2D eigenvalue weighted by molar-refractivity contribution is 0.568. The quantitative estimate of drug-likeness (QED) is 0.593. The lowest BCUT2D eigenvalue weighted by atomic mass is 10.3. The molecule has 0 aromatic carbocycles. The van der Waals surface area contributed by atoms with Crippen molar-refractivity contribution in [2.24, 2.45) is 7.05 Å². The van der Waals surface area contributed by atoms with Crippen LogP contribution in [0.3, 0.4) is 0 Å². The number of pyridine rings is 1. The molecule has 0 aliphatic rings. The van der Waals surface area contributed by atoms with Gasteiger partial charge in [0.2, 0.25) is 0 Å². The fraction of sp³-hybridized carbons (Fsp3) is 0.308. The minimum absolute atomic E-state index is 0.460. The Bertz CT molecular complexity index is 646. The van der Waals surface area contributed by atoms with Gasteiger partial charge in [0.15, 0.2) is 0 Å². The molecule has 6 heteroatoms. The van der Waals surface area contributed by atoms with Crippen molar-refractivity contribution in [1.29, 1.82) is 0 Å². The van der Waals surface area contributed by atoms with E-state index in [0.717, 1.165) is 5.69 Å². The third-order valence-electron chi connectivity index (χ3n) is 2.80. The summed E-state index contributed by atoms with van der Waals surface area (Å²) in [5.41, 5.74) is -0.0596. The maximum atomic E-state index is 11.6. The molecule has 6 nitrogen and oxygen atoms in total. The van der Waals surface area contributed by atoms with Crippen molar-refractivity contribution in [2.75, 3.05) is 6.54 Å². The minimum Gasteiger partial charge on any atom is -0.312 e. The van der Waals surface area contributed by atoms with Crippen molar-refractivity contribution in [2.45, 2.75) is 13.1 Å². The van der Waals surface area contributed by atoms with Gasteiger partial charge >= 0.3 is 11.1 Å². The molecule has 0 bridgehead atoms. The van der Waals surface area contributed by atoms with Gasteiger partial charge in [-0.25, -0.2) is 0 Å². The van der Waals surface area contributed by atoms with Gasteiger partial charge in [-0.3, -0.25) is 14.6 Å². The molecule has 100 valence electrons. The topological polar surface area (TPSA) is 68.9 Å². The van der Waals surface area contributed by atoms with Gasteiger partial charge in [-0.05, 0) is 12.1 Å². The number of rotatable bonds is 5. The van der Waals surface area contributed by atoms with E-state index in [4.69, 9.17) is 0 Å². The molecule has 0 aliphatic heterocycles. The summed E-state index contributed by atoms with van der Waals surface area (Å²) in [6.45, 7) is 1.70. The van der Waals surface area contributed by atoms with E-state index in [0.29, 0.717) is 19.6 Å². The molecule has 0 radical (unpaired) electrons. The van der Waals surface area contributed by atoms with Crippen LogP contribution < -0.4 is 16.4 Å². The minimum atomic E-state index is -0.507. The maximum Gasteiger partial charge on any atom is 0.316 e. The first-order valence-electron chi connectivity index (χ1n) is 6.05. The molecule has 2 rings (SSSR count). The van der Waals surface area contributed by atoms with Gasteiger partial charge in [-0.2, -0.15) is 0 Å². The highest BCUT2D eigenvalue weighted by Gasteiger charge is 2.01. The maximum absolute atomic E-state index is 11.6. The fourth-order valence-electron chi connectivity index (χ4n) is 1.68. The monoisotopic (exact) mass is 260 g/mol. The predicted molar refractivity (Wildman–Crippen MR) is 71.9 cm³/mol. The summed E-state index contributed by atoms with van der Waals surface area (Å²) in [5, 5.41) is 3.18. The molecule has 0 aliphatic carbocycles. The van der Waals surface area contributed by atoms with Gasteiger partial charge in [-0.1, -0.05) is 6.07 Å². The lowest BCUT2D eigenvalue weighted by Gasteiger charge is -2.07. The Morgan fingerprint density at radius 1 is 1.21 bits per heavy atom. The van der Waals surface area contributed by atoms with Crippen molar-refractivity contribution < 1.29 is 0 Å². The van der Waals surface area contributed by atoms with Crippen LogP contribution in [0.4, 0.5) is 0 Å². The second-order valence-electron chi connectivity index (χ2n) is 4.21. The van der Waals surface area contributed by atoms with Crippen molar-refractivity contribution in [1.82, 2.24) is 19.4 Å². The van der Waals surface area contributed by atoms with Crippen LogP contribution in [0.5, 0.6) is 0 Å². The Morgan fingerprint density at radius 3 is 2.79 bits per heavy atom. The van der Waals surface area contributed by atoms with E-state index >= 15 is 0 Å². The largest absolute Gasteiger partial charge is 0.316 e. The molecule has 1 N–H and O–H groups in total. The number of aromatic nitrogens is 3. The first-order chi connectivity index (χ1) is 9.18. The van der Waals surface area contributed by atoms with Gasteiger partial charge in [0.1, 0.15) is 0 Å². The Labute approximate surface area is 110 Å². The van der Waals surface area contributed by atoms with Crippen LogP contribution in [0, 0.1) is 0 Å². The van der Waals surface area contributed by atoms with E-state index in [1.807, 2.05) is 18.2 Å². The summed E-state index contributed by atoms with van der Waals surface area (Å²) in [5.74, 6) is 0. The highest BCUT2D eigenvalue weighted by Crippen LogP contribution is 1.91. The highest BCUT2D eigenvalue weighted by molar-refractivity contribution is 5.02. The third-order valence-corrected chi connectivity index (χ3v) is 2.80. The summed E-state index contributed by atoms with van der Waals surface area (Å²) in [7, 11) is 1.56. The van der Waals surface area contributed by atoms with E-state index in [1.165, 1.54) is 9.13 Å². The van der Waals surface area contributed by atoms with E-state index in [9.17, 15) is 9.59 Å². The molecule has 0 saturated heterocycles. The fourth-order valence-corrected chi connectivity index (χ4v) is 1.68. The van der Waals surface area contributed by atoms with Gasteiger partial charge in [0.25, 0.3) is 0 Å². The first-order valence-corrected chi connectivity index (χ1v) is 6.05. The van der Waals surface area contributed by atoms with Gasteiger partial charge in [0, 0.05) is 45.3 Å². The molecule has 0 amide bonds. The van der Waals surface area contributed by atoms with E-state index < -0.39 is 11.1 Å². The average Bonchev–Trinajstić information content (AvgIpc) is 2.44. The molecule has 0 saturated carbocycles. The predicted octanol–water partition coefficient (Wildman–Crippen LogP) is -0.268. The number of nitrogens with zero attached hydrogens (tertiary/aromatic N) is 3. The molecule has 0 fully saturated rings. The molecule has 0 spiro atoms. The molecule has 19 heavy (non-hydrogen) atoms. The Kier molecular flexibility index (Phi) is 4.25. The highest BCUT2D eigenvalue weighted by atomic mass is 16.2. The van der Waals surface area contributed by atoms with Crippen molar-refractivity contribution in [3.8, 4) is 0 Å². The summed E-state index contributed by atoms with van der Waals surface area (Å²) in [6, 6.07) is 5.72. The molecule has 0 atom stereocenters. The zero-order valence-electron chi connectivity index (χ0n) is 10.7. The van der Waals surface area contributed by atoms with Crippen LogP contribution in [-0.4, -0.2) is 20.7 Å². The third kappa shape index (κ3) is 3.38. The Hall–Kier alpha value is -2.21. The van der Waals surface area contributed by atoms with Gasteiger partial charge in [-0.15, -0.1) is 0 Å². The second-order valence-corrected chi connectivity index (χ2v) is 4.21. The lowest BCUT2D eigenvalue weighted by Crippen LogP contribution is -2.40. The van der Waals surface area contributed by atoms with E-state index in [-0.39, 0.29) is 0 Å². The molecular formula is C13H16N4O2.